The average molecular weight is 271 g/mol. The van der Waals surface area contributed by atoms with Crippen molar-refractivity contribution >= 4 is 5.91 Å². The van der Waals surface area contributed by atoms with Crippen LogP contribution in [0.2, 0.25) is 0 Å². The first-order valence-electron chi connectivity index (χ1n) is 6.35. The number of nitrogens with one attached hydrogen (secondary N) is 1. The molecule has 0 saturated carbocycles. The lowest BCUT2D eigenvalue weighted by atomic mass is 10.1. The zero-order chi connectivity index (χ0) is 14.7. The third-order valence-corrected chi connectivity index (χ3v) is 3.27. The molecule has 104 valence electrons. The molecule has 0 aliphatic rings. The lowest BCUT2D eigenvalue weighted by Gasteiger charge is -2.11. The van der Waals surface area contributed by atoms with E-state index in [1.54, 1.807) is 32.4 Å². The van der Waals surface area contributed by atoms with Gasteiger partial charge in [-0.05, 0) is 37.1 Å². The van der Waals surface area contributed by atoms with E-state index in [-0.39, 0.29) is 17.0 Å². The van der Waals surface area contributed by atoms with Crippen LogP contribution in [0.4, 0.5) is 0 Å². The van der Waals surface area contributed by atoms with Crippen molar-refractivity contribution in [1.82, 2.24) is 14.9 Å². The van der Waals surface area contributed by atoms with Gasteiger partial charge in [-0.25, -0.2) is 0 Å². The molecule has 0 aliphatic carbocycles. The van der Waals surface area contributed by atoms with E-state index in [1.165, 1.54) is 4.57 Å². The molecule has 0 saturated heterocycles. The minimum absolute atomic E-state index is 0.196. The smallest absolute Gasteiger partial charge is 0.263 e. The van der Waals surface area contributed by atoms with Crippen LogP contribution in [0.25, 0.3) is 0 Å². The summed E-state index contributed by atoms with van der Waals surface area (Å²) in [5.41, 5.74) is 2.33. The molecule has 2 heterocycles. The Morgan fingerprint density at radius 2 is 2.15 bits per heavy atom. The van der Waals surface area contributed by atoms with Crippen LogP contribution in [0.1, 0.15) is 27.2 Å². The van der Waals surface area contributed by atoms with Gasteiger partial charge in [0.15, 0.2) is 0 Å². The Kier molecular flexibility index (Phi) is 3.98. The summed E-state index contributed by atoms with van der Waals surface area (Å²) >= 11 is 0. The molecule has 0 atom stereocenters. The molecule has 1 amide bonds. The van der Waals surface area contributed by atoms with Gasteiger partial charge >= 0.3 is 0 Å². The number of aryl methyl sites for hydroxylation is 2. The van der Waals surface area contributed by atoms with E-state index in [2.05, 4.69) is 10.3 Å². The molecule has 2 aromatic rings. The van der Waals surface area contributed by atoms with Crippen LogP contribution >= 0.6 is 0 Å². The molecule has 0 unspecified atom stereocenters. The largest absolute Gasteiger partial charge is 0.348 e. The maximum absolute atomic E-state index is 12.2. The first-order chi connectivity index (χ1) is 9.50. The molecular formula is C15H17N3O2. The van der Waals surface area contributed by atoms with Gasteiger partial charge in [-0.2, -0.15) is 0 Å². The van der Waals surface area contributed by atoms with Gasteiger partial charge in [0.05, 0.1) is 0 Å². The highest BCUT2D eigenvalue weighted by Crippen LogP contribution is 2.06. The van der Waals surface area contributed by atoms with Gasteiger partial charge in [0.1, 0.15) is 5.56 Å². The molecule has 0 aromatic carbocycles. The highest BCUT2D eigenvalue weighted by Gasteiger charge is 2.15. The Bertz CT molecular complexity index is 690. The summed E-state index contributed by atoms with van der Waals surface area (Å²) < 4.78 is 1.48. The topological polar surface area (TPSA) is 64.0 Å². The van der Waals surface area contributed by atoms with Crippen LogP contribution in [0.5, 0.6) is 0 Å². The minimum Gasteiger partial charge on any atom is -0.348 e. The van der Waals surface area contributed by atoms with E-state index in [9.17, 15) is 9.59 Å². The number of rotatable bonds is 3. The fourth-order valence-corrected chi connectivity index (χ4v) is 2.03. The number of amides is 1. The Labute approximate surface area is 117 Å². The first-order valence-corrected chi connectivity index (χ1v) is 6.35. The summed E-state index contributed by atoms with van der Waals surface area (Å²) in [4.78, 5) is 28.3. The number of carbonyl (C=O) groups is 1. The van der Waals surface area contributed by atoms with E-state index in [1.807, 2.05) is 19.1 Å². The molecule has 0 fully saturated rings. The van der Waals surface area contributed by atoms with E-state index in [4.69, 9.17) is 0 Å². The van der Waals surface area contributed by atoms with E-state index in [0.29, 0.717) is 12.1 Å². The monoisotopic (exact) mass is 271 g/mol. The molecule has 0 radical (unpaired) electrons. The van der Waals surface area contributed by atoms with E-state index < -0.39 is 0 Å². The normalized spacial score (nSPS) is 10.3. The second kappa shape index (κ2) is 5.69. The maximum Gasteiger partial charge on any atom is 0.263 e. The zero-order valence-electron chi connectivity index (χ0n) is 11.8. The third kappa shape index (κ3) is 2.77. The summed E-state index contributed by atoms with van der Waals surface area (Å²) in [6.07, 6.45) is 3.35. The Morgan fingerprint density at radius 3 is 2.80 bits per heavy atom. The van der Waals surface area contributed by atoms with Gasteiger partial charge in [0.2, 0.25) is 0 Å². The van der Waals surface area contributed by atoms with Gasteiger partial charge in [-0.15, -0.1) is 0 Å². The standard InChI is InChI=1S/C15H17N3O2/c1-10-7-11(2)18(3)15(20)13(10)14(19)17-9-12-5-4-6-16-8-12/h4-8H,9H2,1-3H3,(H,17,19). The van der Waals surface area contributed by atoms with Crippen LogP contribution in [0.15, 0.2) is 35.4 Å². The minimum atomic E-state index is -0.355. The van der Waals surface area contributed by atoms with Crippen molar-refractivity contribution in [3.05, 3.63) is 63.3 Å². The van der Waals surface area contributed by atoms with Crippen molar-refractivity contribution < 1.29 is 4.79 Å². The lowest BCUT2D eigenvalue weighted by Crippen LogP contribution is -2.33. The van der Waals surface area contributed by atoms with Crippen molar-refractivity contribution in [2.75, 3.05) is 0 Å². The summed E-state index contributed by atoms with van der Waals surface area (Å²) in [5.74, 6) is -0.355. The highest BCUT2D eigenvalue weighted by atomic mass is 16.2. The fraction of sp³-hybridized carbons (Fsp3) is 0.267. The summed E-state index contributed by atoms with van der Waals surface area (Å²) in [6, 6.07) is 5.51. The molecule has 20 heavy (non-hydrogen) atoms. The number of nitrogens with zero attached hydrogens (tertiary/aromatic N) is 2. The van der Waals surface area contributed by atoms with Crippen molar-refractivity contribution in [1.29, 1.82) is 0 Å². The van der Waals surface area contributed by atoms with Crippen LogP contribution in [0.3, 0.4) is 0 Å². The number of aromatic nitrogens is 2. The third-order valence-electron chi connectivity index (χ3n) is 3.27. The molecule has 0 aliphatic heterocycles. The molecule has 5 heteroatoms. The molecule has 1 N–H and O–H groups in total. The van der Waals surface area contributed by atoms with Crippen LogP contribution < -0.4 is 10.9 Å². The lowest BCUT2D eigenvalue weighted by molar-refractivity contribution is 0.0948. The molecule has 0 bridgehead atoms. The fourth-order valence-electron chi connectivity index (χ4n) is 2.03. The van der Waals surface area contributed by atoms with Gasteiger partial charge in [0.25, 0.3) is 11.5 Å². The van der Waals surface area contributed by atoms with Crippen molar-refractivity contribution in [2.24, 2.45) is 7.05 Å². The van der Waals surface area contributed by atoms with Crippen LogP contribution in [-0.4, -0.2) is 15.5 Å². The van der Waals surface area contributed by atoms with Crippen molar-refractivity contribution in [3.8, 4) is 0 Å². The summed E-state index contributed by atoms with van der Waals surface area (Å²) in [7, 11) is 1.66. The molecule has 5 nitrogen and oxygen atoms in total. The van der Waals surface area contributed by atoms with E-state index >= 15 is 0 Å². The van der Waals surface area contributed by atoms with Crippen molar-refractivity contribution in [3.63, 3.8) is 0 Å². The van der Waals surface area contributed by atoms with Gasteiger partial charge in [0, 0.05) is 31.7 Å². The van der Waals surface area contributed by atoms with E-state index in [0.717, 1.165) is 11.3 Å². The molecule has 2 rings (SSSR count). The van der Waals surface area contributed by atoms with Gasteiger partial charge in [-0.1, -0.05) is 6.07 Å². The predicted molar refractivity (Wildman–Crippen MR) is 76.6 cm³/mol. The first kappa shape index (κ1) is 14.0. The summed E-state index contributed by atoms with van der Waals surface area (Å²) in [5, 5.41) is 2.75. The molecular weight excluding hydrogens is 254 g/mol. The van der Waals surface area contributed by atoms with Gasteiger partial charge < -0.3 is 9.88 Å². The van der Waals surface area contributed by atoms with Crippen LogP contribution in [0, 0.1) is 13.8 Å². The Hall–Kier alpha value is -2.43. The number of hydrogen-bond acceptors (Lipinski definition) is 3. The number of hydrogen-bond donors (Lipinski definition) is 1. The molecule has 0 spiro atoms. The van der Waals surface area contributed by atoms with Crippen LogP contribution in [-0.2, 0) is 13.6 Å². The average Bonchev–Trinajstić information content (AvgIpc) is 2.44. The SMILES string of the molecule is Cc1cc(C)n(C)c(=O)c1C(=O)NCc1cccnc1. The number of pyridine rings is 2. The predicted octanol–water partition coefficient (Wildman–Crippen LogP) is 1.33. The second-order valence-corrected chi connectivity index (χ2v) is 4.75. The molecule has 2 aromatic heterocycles. The second-order valence-electron chi connectivity index (χ2n) is 4.75. The maximum atomic E-state index is 12.2. The quantitative estimate of drug-likeness (QED) is 0.916. The van der Waals surface area contributed by atoms with Gasteiger partial charge in [-0.3, -0.25) is 14.6 Å². The van der Waals surface area contributed by atoms with Crippen molar-refractivity contribution in [2.45, 2.75) is 20.4 Å². The summed E-state index contributed by atoms with van der Waals surface area (Å²) in [6.45, 7) is 3.96. The highest BCUT2D eigenvalue weighted by molar-refractivity contribution is 5.95. The zero-order valence-corrected chi connectivity index (χ0v) is 11.8. The number of carbonyl (C=O) groups excluding carboxylic acids is 1. The Morgan fingerprint density at radius 1 is 1.40 bits per heavy atom. The Balaban J connectivity index is 2.22.